The van der Waals surface area contributed by atoms with Crippen molar-refractivity contribution in [2.45, 2.75) is 0 Å². The molecule has 52 heavy (non-hydrogen) atoms. The van der Waals surface area contributed by atoms with Crippen molar-refractivity contribution in [1.29, 1.82) is 0 Å². The maximum atomic E-state index is 6.12. The van der Waals surface area contributed by atoms with Gasteiger partial charge in [0.1, 0.15) is 5.52 Å². The van der Waals surface area contributed by atoms with Gasteiger partial charge < -0.3 is 4.42 Å². The third-order valence-corrected chi connectivity index (χ3v) is 10.7. The van der Waals surface area contributed by atoms with Gasteiger partial charge in [-0.25, -0.2) is 15.0 Å². The molecule has 0 atom stereocenters. The van der Waals surface area contributed by atoms with E-state index in [9.17, 15) is 0 Å². The second-order valence-corrected chi connectivity index (χ2v) is 13.9. The number of hydrogen-bond acceptors (Lipinski definition) is 5. The van der Waals surface area contributed by atoms with E-state index in [-0.39, 0.29) is 0 Å². The van der Waals surface area contributed by atoms with Crippen LogP contribution in [0.25, 0.3) is 98.9 Å². The standard InChI is InChI=1S/C47H29N3OS/c1-3-11-30(12-4-1)32-21-23-33(24-22-32)40-29-41(35-16-9-15-34(27-35)31-13-5-2-6-14-31)49-46(48-40)38-17-10-20-43-45(38)37-26-25-36(28-44(37)52-43)47-50-39-18-7-8-19-42(39)51-47/h1-29H. The van der Waals surface area contributed by atoms with Gasteiger partial charge >= 0.3 is 0 Å². The molecule has 0 radical (unpaired) electrons. The van der Waals surface area contributed by atoms with Gasteiger partial charge in [-0.15, -0.1) is 11.3 Å². The van der Waals surface area contributed by atoms with Crippen LogP contribution >= 0.6 is 11.3 Å². The minimum Gasteiger partial charge on any atom is -0.436 e. The lowest BCUT2D eigenvalue weighted by atomic mass is 9.99. The van der Waals surface area contributed by atoms with Crippen LogP contribution < -0.4 is 0 Å². The predicted molar refractivity (Wildman–Crippen MR) is 215 cm³/mol. The topological polar surface area (TPSA) is 51.8 Å². The fourth-order valence-electron chi connectivity index (χ4n) is 6.96. The molecule has 10 rings (SSSR count). The molecule has 0 saturated heterocycles. The predicted octanol–water partition coefficient (Wildman–Crippen LogP) is 13.0. The number of oxazole rings is 1. The van der Waals surface area contributed by atoms with E-state index in [1.54, 1.807) is 11.3 Å². The molecule has 3 heterocycles. The van der Waals surface area contributed by atoms with E-state index >= 15 is 0 Å². The zero-order chi connectivity index (χ0) is 34.4. The summed E-state index contributed by atoms with van der Waals surface area (Å²) in [5.74, 6) is 1.32. The van der Waals surface area contributed by atoms with Gasteiger partial charge in [0, 0.05) is 42.4 Å². The maximum Gasteiger partial charge on any atom is 0.227 e. The largest absolute Gasteiger partial charge is 0.436 e. The molecular formula is C47H29N3OS. The molecule has 3 aromatic heterocycles. The van der Waals surface area contributed by atoms with Crippen molar-refractivity contribution in [3.8, 4) is 67.6 Å². The molecule has 10 aromatic rings. The van der Waals surface area contributed by atoms with E-state index in [1.165, 1.54) is 21.4 Å². The molecular weight excluding hydrogens is 655 g/mol. The second kappa shape index (κ2) is 12.6. The van der Waals surface area contributed by atoms with Crippen LogP contribution in [0.2, 0.25) is 0 Å². The molecule has 0 fully saturated rings. The van der Waals surface area contributed by atoms with Crippen LogP contribution in [0, 0.1) is 0 Å². The highest BCUT2D eigenvalue weighted by Crippen LogP contribution is 2.42. The summed E-state index contributed by atoms with van der Waals surface area (Å²) >= 11 is 1.76. The lowest BCUT2D eigenvalue weighted by Gasteiger charge is -2.12. The highest BCUT2D eigenvalue weighted by Gasteiger charge is 2.18. The normalized spacial score (nSPS) is 11.5. The van der Waals surface area contributed by atoms with Crippen molar-refractivity contribution >= 4 is 42.6 Å². The second-order valence-electron chi connectivity index (χ2n) is 12.8. The fourth-order valence-corrected chi connectivity index (χ4v) is 8.13. The van der Waals surface area contributed by atoms with Crippen molar-refractivity contribution in [3.05, 3.63) is 176 Å². The monoisotopic (exact) mass is 683 g/mol. The molecule has 4 nitrogen and oxygen atoms in total. The molecule has 0 bridgehead atoms. The van der Waals surface area contributed by atoms with Crippen LogP contribution in [0.15, 0.2) is 180 Å². The van der Waals surface area contributed by atoms with Gasteiger partial charge in [0.25, 0.3) is 0 Å². The van der Waals surface area contributed by atoms with E-state index in [2.05, 4.69) is 140 Å². The molecule has 0 aliphatic heterocycles. The molecule has 5 heteroatoms. The van der Waals surface area contributed by atoms with Crippen molar-refractivity contribution in [2.24, 2.45) is 0 Å². The lowest BCUT2D eigenvalue weighted by molar-refractivity contribution is 0.620. The van der Waals surface area contributed by atoms with Crippen molar-refractivity contribution in [2.75, 3.05) is 0 Å². The van der Waals surface area contributed by atoms with Gasteiger partial charge in [0.2, 0.25) is 5.89 Å². The van der Waals surface area contributed by atoms with Gasteiger partial charge in [-0.2, -0.15) is 0 Å². The molecule has 0 unspecified atom stereocenters. The first-order valence-corrected chi connectivity index (χ1v) is 18.1. The van der Waals surface area contributed by atoms with Crippen molar-refractivity contribution < 1.29 is 4.42 Å². The number of nitrogens with zero attached hydrogens (tertiary/aromatic N) is 3. The Balaban J connectivity index is 1.13. The Morgan fingerprint density at radius 2 is 1.02 bits per heavy atom. The Morgan fingerprint density at radius 3 is 1.81 bits per heavy atom. The summed E-state index contributed by atoms with van der Waals surface area (Å²) < 4.78 is 8.46. The number of benzene rings is 7. The summed E-state index contributed by atoms with van der Waals surface area (Å²) in [5.41, 5.74) is 12.1. The van der Waals surface area contributed by atoms with Crippen LogP contribution in [0.1, 0.15) is 0 Å². The number of thiophene rings is 1. The smallest absolute Gasteiger partial charge is 0.227 e. The molecule has 0 amide bonds. The summed E-state index contributed by atoms with van der Waals surface area (Å²) in [6, 6.07) is 61.1. The summed E-state index contributed by atoms with van der Waals surface area (Å²) in [4.78, 5) is 15.3. The third kappa shape index (κ3) is 5.45. The first-order valence-electron chi connectivity index (χ1n) is 17.3. The average molecular weight is 684 g/mol. The minimum absolute atomic E-state index is 0.623. The average Bonchev–Trinajstić information content (AvgIpc) is 3.83. The number of aromatic nitrogens is 3. The molecule has 0 aliphatic carbocycles. The van der Waals surface area contributed by atoms with E-state index in [0.29, 0.717) is 11.7 Å². The van der Waals surface area contributed by atoms with Crippen LogP contribution in [0.3, 0.4) is 0 Å². The Labute approximate surface area is 304 Å². The zero-order valence-corrected chi connectivity index (χ0v) is 28.7. The van der Waals surface area contributed by atoms with E-state index in [4.69, 9.17) is 19.4 Å². The first-order chi connectivity index (χ1) is 25.7. The van der Waals surface area contributed by atoms with Gasteiger partial charge in [-0.1, -0.05) is 133 Å². The summed E-state index contributed by atoms with van der Waals surface area (Å²) in [6.07, 6.45) is 0. The number of rotatable bonds is 6. The van der Waals surface area contributed by atoms with Gasteiger partial charge in [0.15, 0.2) is 11.4 Å². The number of para-hydroxylation sites is 2. The van der Waals surface area contributed by atoms with E-state index < -0.39 is 0 Å². The van der Waals surface area contributed by atoms with Gasteiger partial charge in [-0.3, -0.25) is 0 Å². The molecule has 244 valence electrons. The molecule has 0 aliphatic rings. The van der Waals surface area contributed by atoms with Crippen molar-refractivity contribution in [3.63, 3.8) is 0 Å². The van der Waals surface area contributed by atoms with E-state index in [1.807, 2.05) is 36.4 Å². The van der Waals surface area contributed by atoms with Crippen LogP contribution in [0.5, 0.6) is 0 Å². The van der Waals surface area contributed by atoms with Crippen LogP contribution in [0.4, 0.5) is 0 Å². The minimum atomic E-state index is 0.623. The Bertz CT molecular complexity index is 2860. The quantitative estimate of drug-likeness (QED) is 0.175. The number of fused-ring (bicyclic) bond motifs is 4. The van der Waals surface area contributed by atoms with E-state index in [0.717, 1.165) is 65.8 Å². The first kappa shape index (κ1) is 30.2. The summed E-state index contributed by atoms with van der Waals surface area (Å²) in [6.45, 7) is 0. The number of hydrogen-bond donors (Lipinski definition) is 0. The molecule has 7 aromatic carbocycles. The maximum absolute atomic E-state index is 6.12. The van der Waals surface area contributed by atoms with Crippen LogP contribution in [-0.2, 0) is 0 Å². The SMILES string of the molecule is c1ccc(-c2ccc(-c3cc(-c4cccc(-c5ccccc5)c4)nc(-c4cccc5sc6cc(-c7nc8ccccc8o7)ccc6c45)n3)cc2)cc1. The van der Waals surface area contributed by atoms with Crippen LogP contribution in [-0.4, -0.2) is 15.0 Å². The molecule has 0 N–H and O–H groups in total. The lowest BCUT2D eigenvalue weighted by Crippen LogP contribution is -1.96. The molecule has 0 spiro atoms. The highest BCUT2D eigenvalue weighted by molar-refractivity contribution is 7.26. The summed E-state index contributed by atoms with van der Waals surface area (Å²) in [7, 11) is 0. The fraction of sp³-hybridized carbons (Fsp3) is 0. The van der Waals surface area contributed by atoms with Crippen molar-refractivity contribution in [1.82, 2.24) is 15.0 Å². The Morgan fingerprint density at radius 1 is 0.404 bits per heavy atom. The highest BCUT2D eigenvalue weighted by atomic mass is 32.1. The summed E-state index contributed by atoms with van der Waals surface area (Å²) in [5, 5.41) is 2.30. The zero-order valence-electron chi connectivity index (χ0n) is 27.9. The Hall–Kier alpha value is -6.69. The van der Waals surface area contributed by atoms with Gasteiger partial charge in [-0.05, 0) is 64.7 Å². The molecule has 0 saturated carbocycles. The third-order valence-electron chi connectivity index (χ3n) is 9.56. The Kier molecular flexibility index (Phi) is 7.29. The van der Waals surface area contributed by atoms with Gasteiger partial charge in [0.05, 0.1) is 11.4 Å².